The van der Waals surface area contributed by atoms with E-state index < -0.39 is 0 Å². The summed E-state index contributed by atoms with van der Waals surface area (Å²) < 4.78 is 5.09. The highest BCUT2D eigenvalue weighted by Gasteiger charge is 2.21. The average Bonchev–Trinajstić information content (AvgIpc) is 2.57. The Hall–Kier alpha value is -1.83. The Morgan fingerprint density at radius 1 is 1.36 bits per heavy atom. The molecule has 0 aromatic heterocycles. The molecule has 0 saturated carbocycles. The van der Waals surface area contributed by atoms with Crippen molar-refractivity contribution in [1.29, 1.82) is 0 Å². The molecule has 3 rings (SSSR count). The average molecular weight is 184 g/mol. The molecule has 3 aliphatic rings. The lowest BCUT2D eigenvalue weighted by Crippen LogP contribution is -2.02. The fourth-order valence-electron chi connectivity index (χ4n) is 1.97. The lowest BCUT2D eigenvalue weighted by atomic mass is 9.98. The number of carbonyl (C=O) groups excluding carboxylic acids is 1. The Bertz CT molecular complexity index is 505. The van der Waals surface area contributed by atoms with E-state index >= 15 is 0 Å². The van der Waals surface area contributed by atoms with Gasteiger partial charge in [-0.25, -0.2) is 0 Å². The van der Waals surface area contributed by atoms with Gasteiger partial charge in [-0.2, -0.15) is 0 Å². The highest BCUT2D eigenvalue weighted by molar-refractivity contribution is 6.12. The molecular weight excluding hydrogens is 176 g/mol. The van der Waals surface area contributed by atoms with Gasteiger partial charge in [0.05, 0.1) is 12.5 Å². The van der Waals surface area contributed by atoms with E-state index in [9.17, 15) is 4.79 Å². The quantitative estimate of drug-likeness (QED) is 0.630. The maximum Gasteiger partial charge on any atom is 0.186 e. The summed E-state index contributed by atoms with van der Waals surface area (Å²) in [5, 5.41) is 0. The Morgan fingerprint density at radius 2 is 2.29 bits per heavy atom. The van der Waals surface area contributed by atoms with Crippen molar-refractivity contribution in [2.45, 2.75) is 6.42 Å². The van der Waals surface area contributed by atoms with E-state index in [0.29, 0.717) is 0 Å². The number of fused-ring (bicyclic) bond motifs is 3. The number of allylic oxidation sites excluding steroid dienone is 2. The van der Waals surface area contributed by atoms with E-state index in [0.717, 1.165) is 28.7 Å². The maximum atomic E-state index is 11.6. The standard InChI is InChI=1S/C12H8O2/c13-11-3-1-2-9-6-8-4-5-14-7-10(8)12(9)11/h1,3-7H,2H2. The summed E-state index contributed by atoms with van der Waals surface area (Å²) in [6.45, 7) is 0. The van der Waals surface area contributed by atoms with Crippen molar-refractivity contribution in [2.24, 2.45) is 0 Å². The van der Waals surface area contributed by atoms with Crippen LogP contribution in [0.15, 0.2) is 41.2 Å². The third kappa shape index (κ3) is 0.880. The third-order valence-corrected chi connectivity index (χ3v) is 2.60. The maximum absolute atomic E-state index is 11.6. The van der Waals surface area contributed by atoms with Crippen LogP contribution in [-0.4, -0.2) is 5.78 Å². The van der Waals surface area contributed by atoms with E-state index in [1.165, 1.54) is 0 Å². The molecule has 14 heavy (non-hydrogen) atoms. The van der Waals surface area contributed by atoms with Crippen LogP contribution in [0.4, 0.5) is 0 Å². The van der Waals surface area contributed by atoms with Gasteiger partial charge in [0.25, 0.3) is 0 Å². The largest absolute Gasteiger partial charge is 0.472 e. The molecule has 0 fully saturated rings. The van der Waals surface area contributed by atoms with E-state index in [1.54, 1.807) is 18.6 Å². The third-order valence-electron chi connectivity index (χ3n) is 2.60. The first-order chi connectivity index (χ1) is 6.86. The highest BCUT2D eigenvalue weighted by Crippen LogP contribution is 2.34. The SMILES string of the molecule is O=C1C=CCc2cc3ccocc-3c21. The number of hydrogen-bond donors (Lipinski definition) is 0. The zero-order chi connectivity index (χ0) is 9.54. The molecule has 0 aromatic carbocycles. The predicted octanol–water partition coefficient (Wildman–Crippen LogP) is 2.68. The second-order valence-corrected chi connectivity index (χ2v) is 3.44. The van der Waals surface area contributed by atoms with Gasteiger partial charge in [0.1, 0.15) is 0 Å². The smallest absolute Gasteiger partial charge is 0.186 e. The zero-order valence-corrected chi connectivity index (χ0v) is 7.49. The molecule has 0 radical (unpaired) electrons. The van der Waals surface area contributed by atoms with Crippen molar-refractivity contribution < 1.29 is 9.21 Å². The Kier molecular flexibility index (Phi) is 1.39. The van der Waals surface area contributed by atoms with Crippen LogP contribution in [0.5, 0.6) is 0 Å². The Balaban J connectivity index is 2.36. The van der Waals surface area contributed by atoms with Gasteiger partial charge in [-0.15, -0.1) is 0 Å². The van der Waals surface area contributed by atoms with Gasteiger partial charge in [0.2, 0.25) is 0 Å². The van der Waals surface area contributed by atoms with Crippen LogP contribution in [0.3, 0.4) is 0 Å². The Labute approximate surface area is 81.2 Å². The van der Waals surface area contributed by atoms with Crippen LogP contribution in [0, 0.1) is 0 Å². The van der Waals surface area contributed by atoms with Gasteiger partial charge in [-0.05, 0) is 35.8 Å². The molecule has 0 N–H and O–H groups in total. The predicted molar refractivity (Wildman–Crippen MR) is 52.5 cm³/mol. The first kappa shape index (κ1) is 7.56. The molecule has 0 bridgehead atoms. The van der Waals surface area contributed by atoms with Crippen molar-refractivity contribution in [1.82, 2.24) is 0 Å². The summed E-state index contributed by atoms with van der Waals surface area (Å²) in [7, 11) is 0. The summed E-state index contributed by atoms with van der Waals surface area (Å²) in [5.74, 6) is 0.0858. The molecule has 1 heterocycles. The summed E-state index contributed by atoms with van der Waals surface area (Å²) in [5.41, 5.74) is 3.93. The normalized spacial score (nSPS) is 14.7. The van der Waals surface area contributed by atoms with Crippen molar-refractivity contribution in [3.8, 4) is 11.1 Å². The first-order valence-corrected chi connectivity index (χ1v) is 4.55. The number of hydrogen-bond acceptors (Lipinski definition) is 2. The number of rotatable bonds is 0. The fourth-order valence-corrected chi connectivity index (χ4v) is 1.97. The molecule has 0 unspecified atom stereocenters. The van der Waals surface area contributed by atoms with Gasteiger partial charge >= 0.3 is 0 Å². The van der Waals surface area contributed by atoms with Crippen molar-refractivity contribution in [2.75, 3.05) is 0 Å². The number of ketones is 1. The zero-order valence-electron chi connectivity index (χ0n) is 7.49. The lowest BCUT2D eigenvalue weighted by molar-refractivity contribution is 0.104. The van der Waals surface area contributed by atoms with Crippen LogP contribution in [-0.2, 0) is 6.42 Å². The van der Waals surface area contributed by atoms with Gasteiger partial charge in [0, 0.05) is 11.1 Å². The summed E-state index contributed by atoms with van der Waals surface area (Å²) in [6.07, 6.45) is 7.65. The van der Waals surface area contributed by atoms with E-state index in [-0.39, 0.29) is 5.78 Å². The van der Waals surface area contributed by atoms with Gasteiger partial charge in [-0.3, -0.25) is 4.79 Å². The second kappa shape index (κ2) is 2.58. The van der Waals surface area contributed by atoms with E-state index in [1.807, 2.05) is 12.1 Å². The van der Waals surface area contributed by atoms with Gasteiger partial charge in [-0.1, -0.05) is 6.08 Å². The van der Waals surface area contributed by atoms with E-state index in [2.05, 4.69) is 6.07 Å². The molecule has 2 aliphatic carbocycles. The minimum absolute atomic E-state index is 0.0858. The fraction of sp³-hybridized carbons (Fsp3) is 0.0833. The molecule has 2 heteroatoms. The molecule has 2 nitrogen and oxygen atoms in total. The molecular formula is C12H8O2. The van der Waals surface area contributed by atoms with Gasteiger partial charge < -0.3 is 4.42 Å². The molecule has 0 amide bonds. The monoisotopic (exact) mass is 184 g/mol. The number of carbonyl (C=O) groups is 1. The summed E-state index contributed by atoms with van der Waals surface area (Å²) in [6, 6.07) is 3.95. The summed E-state index contributed by atoms with van der Waals surface area (Å²) in [4.78, 5) is 11.6. The van der Waals surface area contributed by atoms with Crippen LogP contribution >= 0.6 is 0 Å². The van der Waals surface area contributed by atoms with Crippen LogP contribution in [0.1, 0.15) is 15.9 Å². The minimum atomic E-state index is 0.0858. The van der Waals surface area contributed by atoms with Crippen LogP contribution in [0.2, 0.25) is 0 Å². The van der Waals surface area contributed by atoms with Gasteiger partial charge in [0.15, 0.2) is 5.78 Å². The molecule has 0 saturated heterocycles. The second-order valence-electron chi connectivity index (χ2n) is 3.44. The molecule has 68 valence electrons. The lowest BCUT2D eigenvalue weighted by Gasteiger charge is -2.05. The van der Waals surface area contributed by atoms with Crippen molar-refractivity contribution in [3.63, 3.8) is 0 Å². The molecule has 0 aromatic rings. The first-order valence-electron chi connectivity index (χ1n) is 4.55. The Morgan fingerprint density at radius 3 is 3.21 bits per heavy atom. The van der Waals surface area contributed by atoms with Crippen molar-refractivity contribution >= 4 is 5.78 Å². The molecule has 1 aliphatic heterocycles. The van der Waals surface area contributed by atoms with Crippen LogP contribution in [0.25, 0.3) is 11.1 Å². The topological polar surface area (TPSA) is 30.2 Å². The van der Waals surface area contributed by atoms with Crippen LogP contribution < -0.4 is 0 Å². The van der Waals surface area contributed by atoms with Crippen molar-refractivity contribution in [3.05, 3.63) is 47.9 Å². The highest BCUT2D eigenvalue weighted by atomic mass is 16.3. The van der Waals surface area contributed by atoms with E-state index in [4.69, 9.17) is 4.42 Å². The molecule has 0 spiro atoms. The minimum Gasteiger partial charge on any atom is -0.472 e. The summed E-state index contributed by atoms with van der Waals surface area (Å²) >= 11 is 0. The molecule has 0 atom stereocenters.